The molecule has 2 aromatic heterocycles. The van der Waals surface area contributed by atoms with Crippen LogP contribution in [-0.4, -0.2) is 17.4 Å². The van der Waals surface area contributed by atoms with E-state index in [-0.39, 0.29) is 5.91 Å². The summed E-state index contributed by atoms with van der Waals surface area (Å²) < 4.78 is 0. The van der Waals surface area contributed by atoms with Crippen molar-refractivity contribution < 1.29 is 4.79 Å². The highest BCUT2D eigenvalue weighted by Crippen LogP contribution is 2.18. The second kappa shape index (κ2) is 5.29. The summed E-state index contributed by atoms with van der Waals surface area (Å²) in [6, 6.07) is 1.74. The van der Waals surface area contributed by atoms with Gasteiger partial charge in [0, 0.05) is 18.3 Å². The lowest BCUT2D eigenvalue weighted by molar-refractivity contribution is 0.0959. The van der Waals surface area contributed by atoms with Crippen LogP contribution in [0.4, 0.5) is 5.69 Å². The Balaban J connectivity index is 1.83. The number of nitrogen functional groups attached to an aromatic ring is 1. The number of nitrogens with two attached hydrogens (primary N) is 1. The van der Waals surface area contributed by atoms with Crippen molar-refractivity contribution in [3.05, 3.63) is 32.4 Å². The van der Waals surface area contributed by atoms with Gasteiger partial charge < -0.3 is 11.1 Å². The molecule has 2 rings (SSSR count). The zero-order valence-electron chi connectivity index (χ0n) is 9.40. The molecule has 17 heavy (non-hydrogen) atoms. The summed E-state index contributed by atoms with van der Waals surface area (Å²) in [5.41, 5.74) is 7.23. The van der Waals surface area contributed by atoms with Crippen molar-refractivity contribution in [1.29, 1.82) is 0 Å². The highest BCUT2D eigenvalue weighted by Gasteiger charge is 2.10. The van der Waals surface area contributed by atoms with E-state index in [2.05, 4.69) is 10.3 Å². The third kappa shape index (κ3) is 3.04. The molecule has 1 amide bonds. The molecule has 2 heterocycles. The molecule has 0 saturated carbocycles. The smallest absolute Gasteiger partial charge is 0.263 e. The molecule has 0 aliphatic carbocycles. The highest BCUT2D eigenvalue weighted by atomic mass is 32.1. The first-order valence-electron chi connectivity index (χ1n) is 5.19. The molecule has 4 nitrogen and oxygen atoms in total. The van der Waals surface area contributed by atoms with Gasteiger partial charge in [-0.2, -0.15) is 0 Å². The van der Waals surface area contributed by atoms with Gasteiger partial charge in [0.1, 0.15) is 4.88 Å². The third-order valence-corrected chi connectivity index (χ3v) is 3.99. The SMILES string of the molecule is Cc1nc(CCNC(=O)c2sccc2N)cs1. The number of rotatable bonds is 4. The monoisotopic (exact) mass is 267 g/mol. The normalized spacial score (nSPS) is 10.4. The molecule has 0 aromatic carbocycles. The molecule has 0 radical (unpaired) electrons. The van der Waals surface area contributed by atoms with E-state index in [0.717, 1.165) is 17.1 Å². The molecule has 0 fully saturated rings. The van der Waals surface area contributed by atoms with Crippen molar-refractivity contribution in [2.24, 2.45) is 0 Å². The Kier molecular flexibility index (Phi) is 3.75. The number of aromatic nitrogens is 1. The quantitative estimate of drug-likeness (QED) is 0.891. The van der Waals surface area contributed by atoms with Gasteiger partial charge in [-0.15, -0.1) is 22.7 Å². The Morgan fingerprint density at radius 2 is 2.35 bits per heavy atom. The fourth-order valence-corrected chi connectivity index (χ4v) is 2.79. The van der Waals surface area contributed by atoms with E-state index in [9.17, 15) is 4.79 Å². The second-order valence-corrected chi connectivity index (χ2v) is 5.55. The Labute approximate surface area is 107 Å². The maximum atomic E-state index is 11.7. The number of carbonyl (C=O) groups is 1. The van der Waals surface area contributed by atoms with Crippen LogP contribution in [0.15, 0.2) is 16.8 Å². The summed E-state index contributed by atoms with van der Waals surface area (Å²) >= 11 is 2.98. The standard InChI is InChI=1S/C11H13N3OS2/c1-7-14-8(6-17-7)2-4-13-11(15)10-9(12)3-5-16-10/h3,5-6H,2,4,12H2,1H3,(H,13,15). The number of hydrogen-bond acceptors (Lipinski definition) is 5. The van der Waals surface area contributed by atoms with Crippen molar-refractivity contribution in [1.82, 2.24) is 10.3 Å². The predicted molar refractivity (Wildman–Crippen MR) is 71.6 cm³/mol. The van der Waals surface area contributed by atoms with E-state index in [0.29, 0.717) is 17.1 Å². The van der Waals surface area contributed by atoms with Crippen molar-refractivity contribution in [3.8, 4) is 0 Å². The molecule has 6 heteroatoms. The van der Waals surface area contributed by atoms with E-state index >= 15 is 0 Å². The van der Waals surface area contributed by atoms with Gasteiger partial charge in [0.2, 0.25) is 0 Å². The van der Waals surface area contributed by atoms with Crippen LogP contribution in [0, 0.1) is 6.92 Å². The lowest BCUT2D eigenvalue weighted by atomic mass is 10.3. The van der Waals surface area contributed by atoms with Gasteiger partial charge in [0.25, 0.3) is 5.91 Å². The van der Waals surface area contributed by atoms with Gasteiger partial charge >= 0.3 is 0 Å². The lowest BCUT2D eigenvalue weighted by Crippen LogP contribution is -2.25. The van der Waals surface area contributed by atoms with Crippen LogP contribution < -0.4 is 11.1 Å². The van der Waals surface area contributed by atoms with Gasteiger partial charge in [-0.3, -0.25) is 4.79 Å². The van der Waals surface area contributed by atoms with Gasteiger partial charge in [0.05, 0.1) is 16.4 Å². The van der Waals surface area contributed by atoms with Gasteiger partial charge in [0.15, 0.2) is 0 Å². The molecule has 90 valence electrons. The van der Waals surface area contributed by atoms with Crippen LogP contribution in [0.2, 0.25) is 0 Å². The Morgan fingerprint density at radius 1 is 1.53 bits per heavy atom. The Bertz CT molecular complexity index is 518. The number of amides is 1. The van der Waals surface area contributed by atoms with Crippen molar-refractivity contribution in [2.45, 2.75) is 13.3 Å². The molecule has 0 spiro atoms. The Morgan fingerprint density at radius 3 is 2.94 bits per heavy atom. The summed E-state index contributed by atoms with van der Waals surface area (Å²) in [7, 11) is 0. The largest absolute Gasteiger partial charge is 0.397 e. The number of aryl methyl sites for hydroxylation is 1. The molecule has 3 N–H and O–H groups in total. The van der Waals surface area contributed by atoms with E-state index in [4.69, 9.17) is 5.73 Å². The van der Waals surface area contributed by atoms with Crippen LogP contribution in [0.1, 0.15) is 20.4 Å². The van der Waals surface area contributed by atoms with Crippen LogP contribution in [-0.2, 0) is 6.42 Å². The molecule has 0 saturated heterocycles. The third-order valence-electron chi connectivity index (χ3n) is 2.24. The maximum Gasteiger partial charge on any atom is 0.263 e. The summed E-state index contributed by atoms with van der Waals surface area (Å²) in [4.78, 5) is 16.6. The zero-order chi connectivity index (χ0) is 12.3. The molecule has 0 unspecified atom stereocenters. The molecular weight excluding hydrogens is 254 g/mol. The molecule has 2 aromatic rings. The molecule has 0 bridgehead atoms. The van der Waals surface area contributed by atoms with Crippen molar-refractivity contribution >= 4 is 34.3 Å². The van der Waals surface area contributed by atoms with E-state index in [1.165, 1.54) is 11.3 Å². The van der Waals surface area contributed by atoms with E-state index in [1.807, 2.05) is 17.7 Å². The van der Waals surface area contributed by atoms with Crippen LogP contribution in [0.25, 0.3) is 0 Å². The van der Waals surface area contributed by atoms with Crippen LogP contribution in [0.5, 0.6) is 0 Å². The zero-order valence-corrected chi connectivity index (χ0v) is 11.0. The molecular formula is C11H13N3OS2. The second-order valence-electron chi connectivity index (χ2n) is 3.57. The van der Waals surface area contributed by atoms with E-state index < -0.39 is 0 Å². The maximum absolute atomic E-state index is 11.7. The van der Waals surface area contributed by atoms with Crippen molar-refractivity contribution in [3.63, 3.8) is 0 Å². The fourth-order valence-electron chi connectivity index (χ4n) is 1.41. The first-order valence-corrected chi connectivity index (χ1v) is 6.95. The number of thiophene rings is 1. The summed E-state index contributed by atoms with van der Waals surface area (Å²) in [5.74, 6) is -0.107. The average Bonchev–Trinajstić information content (AvgIpc) is 2.87. The molecule has 0 aliphatic heterocycles. The van der Waals surface area contributed by atoms with E-state index in [1.54, 1.807) is 17.4 Å². The number of nitrogens with zero attached hydrogens (tertiary/aromatic N) is 1. The van der Waals surface area contributed by atoms with Crippen molar-refractivity contribution in [2.75, 3.05) is 12.3 Å². The topological polar surface area (TPSA) is 68.0 Å². The first-order chi connectivity index (χ1) is 8.16. The van der Waals surface area contributed by atoms with Gasteiger partial charge in [-0.25, -0.2) is 4.98 Å². The molecule has 0 aliphatic rings. The first kappa shape index (κ1) is 12.1. The fraction of sp³-hybridized carbons (Fsp3) is 0.273. The molecule has 0 atom stereocenters. The minimum atomic E-state index is -0.107. The van der Waals surface area contributed by atoms with Crippen LogP contribution in [0.3, 0.4) is 0 Å². The highest BCUT2D eigenvalue weighted by molar-refractivity contribution is 7.12. The number of hydrogen-bond donors (Lipinski definition) is 2. The Hall–Kier alpha value is -1.40. The number of anilines is 1. The lowest BCUT2D eigenvalue weighted by Gasteiger charge is -2.02. The summed E-state index contributed by atoms with van der Waals surface area (Å²) in [6.45, 7) is 2.55. The minimum Gasteiger partial charge on any atom is -0.397 e. The number of carbonyl (C=O) groups excluding carboxylic acids is 1. The summed E-state index contributed by atoms with van der Waals surface area (Å²) in [6.07, 6.45) is 0.751. The number of thiazole rings is 1. The van der Waals surface area contributed by atoms with Gasteiger partial charge in [-0.05, 0) is 18.4 Å². The average molecular weight is 267 g/mol. The van der Waals surface area contributed by atoms with Crippen LogP contribution >= 0.6 is 22.7 Å². The predicted octanol–water partition coefficient (Wildman–Crippen LogP) is 2.07. The number of nitrogens with one attached hydrogen (secondary N) is 1. The van der Waals surface area contributed by atoms with Gasteiger partial charge in [-0.1, -0.05) is 0 Å². The minimum absolute atomic E-state index is 0.107. The summed E-state index contributed by atoms with van der Waals surface area (Å²) in [5, 5.41) is 7.72.